The van der Waals surface area contributed by atoms with Crippen LogP contribution >= 0.6 is 0 Å². The van der Waals surface area contributed by atoms with Crippen LogP contribution in [0.25, 0.3) is 0 Å². The summed E-state index contributed by atoms with van der Waals surface area (Å²) in [4.78, 5) is 12.6. The lowest BCUT2D eigenvalue weighted by molar-refractivity contribution is -0.673. The van der Waals surface area contributed by atoms with Gasteiger partial charge in [-0.3, -0.25) is 0 Å². The number of nitrogens with zero attached hydrogens (tertiary/aromatic N) is 2. The highest BCUT2D eigenvalue weighted by molar-refractivity contribution is 5.84. The number of hydrogen-bond acceptors (Lipinski definition) is 2. The molecule has 0 aliphatic rings. The van der Waals surface area contributed by atoms with E-state index in [9.17, 15) is 4.79 Å². The molecule has 1 aromatic heterocycles. The zero-order valence-electron chi connectivity index (χ0n) is 7.98. The minimum Gasteiger partial charge on any atom is -0.473 e. The molecule has 4 nitrogen and oxygen atoms in total. The topological polar surface area (TPSA) is 44.4 Å². The highest BCUT2D eigenvalue weighted by Crippen LogP contribution is 2.09. The Morgan fingerprint density at radius 1 is 1.54 bits per heavy atom. The second kappa shape index (κ2) is 3.43. The highest BCUT2D eigenvalue weighted by Gasteiger charge is 2.15. The van der Waals surface area contributed by atoms with Crippen LogP contribution in [0.4, 0.5) is 5.69 Å². The summed E-state index contributed by atoms with van der Waals surface area (Å²) in [5.74, 6) is -0.911. The van der Waals surface area contributed by atoms with Crippen molar-refractivity contribution in [3.8, 4) is 0 Å². The Balaban J connectivity index is 3.19. The predicted octanol–water partition coefficient (Wildman–Crippen LogP) is 0.275. The van der Waals surface area contributed by atoms with Gasteiger partial charge in [-0.05, 0) is 0 Å². The van der Waals surface area contributed by atoms with Gasteiger partial charge in [-0.25, -0.2) is 4.79 Å². The van der Waals surface area contributed by atoms with E-state index in [1.54, 1.807) is 23.9 Å². The number of rotatable bonds is 2. The maximum Gasteiger partial charge on any atom is 0.401 e. The quantitative estimate of drug-likeness (QED) is 0.666. The Kier molecular flexibility index (Phi) is 2.51. The molecule has 1 heterocycles. The van der Waals surface area contributed by atoms with Crippen LogP contribution in [0.2, 0.25) is 0 Å². The van der Waals surface area contributed by atoms with Crippen molar-refractivity contribution in [2.24, 2.45) is 7.05 Å². The standard InChI is InChI=1S/C9H12N2O2/c1-10(2)7-4-5-11(3)8(6-7)9(12)13/h4-6H,1-3H3/p+1. The molecule has 0 saturated carbocycles. The van der Waals surface area contributed by atoms with Gasteiger partial charge >= 0.3 is 5.97 Å². The van der Waals surface area contributed by atoms with Crippen LogP contribution in [0.15, 0.2) is 18.3 Å². The number of aromatic nitrogens is 1. The third-order valence-electron chi connectivity index (χ3n) is 1.87. The van der Waals surface area contributed by atoms with Crippen molar-refractivity contribution in [1.82, 2.24) is 0 Å². The van der Waals surface area contributed by atoms with Crippen molar-refractivity contribution in [3.05, 3.63) is 24.0 Å². The first kappa shape index (κ1) is 9.51. The minimum atomic E-state index is -0.911. The predicted molar refractivity (Wildman–Crippen MR) is 48.9 cm³/mol. The lowest BCUT2D eigenvalue weighted by atomic mass is 10.3. The molecule has 0 spiro atoms. The zero-order chi connectivity index (χ0) is 10.0. The van der Waals surface area contributed by atoms with Crippen molar-refractivity contribution < 1.29 is 14.5 Å². The smallest absolute Gasteiger partial charge is 0.401 e. The Morgan fingerprint density at radius 2 is 2.15 bits per heavy atom. The number of carboxylic acids is 1. The SMILES string of the molecule is CN(C)c1cc[n+](C)c(C(=O)O)c1. The van der Waals surface area contributed by atoms with Crippen molar-refractivity contribution in [2.45, 2.75) is 0 Å². The molecule has 0 saturated heterocycles. The average Bonchev–Trinajstić information content (AvgIpc) is 2.04. The molecule has 0 radical (unpaired) electrons. The van der Waals surface area contributed by atoms with Gasteiger partial charge in [-0.2, -0.15) is 4.57 Å². The van der Waals surface area contributed by atoms with Crippen molar-refractivity contribution in [3.63, 3.8) is 0 Å². The van der Waals surface area contributed by atoms with Gasteiger partial charge < -0.3 is 10.0 Å². The number of aryl methyl sites for hydroxylation is 1. The van der Waals surface area contributed by atoms with Crippen LogP contribution in [0.1, 0.15) is 10.5 Å². The van der Waals surface area contributed by atoms with Crippen LogP contribution in [0.3, 0.4) is 0 Å². The Bertz CT molecular complexity index is 334. The van der Waals surface area contributed by atoms with Crippen LogP contribution in [0.5, 0.6) is 0 Å². The number of aromatic carboxylic acids is 1. The summed E-state index contributed by atoms with van der Waals surface area (Å²) < 4.78 is 1.58. The van der Waals surface area contributed by atoms with Crippen molar-refractivity contribution in [1.29, 1.82) is 0 Å². The van der Waals surface area contributed by atoms with E-state index in [1.165, 1.54) is 0 Å². The molecule has 13 heavy (non-hydrogen) atoms. The second-order valence-corrected chi connectivity index (χ2v) is 3.08. The van der Waals surface area contributed by atoms with Gasteiger partial charge in [0.15, 0.2) is 6.20 Å². The van der Waals surface area contributed by atoms with Gasteiger partial charge in [0.25, 0.3) is 5.69 Å². The van der Waals surface area contributed by atoms with E-state index in [-0.39, 0.29) is 5.69 Å². The normalized spacial score (nSPS) is 9.77. The molecule has 0 amide bonds. The lowest BCUT2D eigenvalue weighted by Gasteiger charge is -2.10. The first-order valence-electron chi connectivity index (χ1n) is 3.92. The van der Waals surface area contributed by atoms with Gasteiger partial charge in [-0.1, -0.05) is 0 Å². The van der Waals surface area contributed by atoms with Crippen molar-refractivity contribution >= 4 is 11.7 Å². The lowest BCUT2D eigenvalue weighted by Crippen LogP contribution is -2.36. The van der Waals surface area contributed by atoms with E-state index in [0.29, 0.717) is 0 Å². The number of pyridine rings is 1. The fraction of sp³-hybridized carbons (Fsp3) is 0.333. The van der Waals surface area contributed by atoms with Gasteiger partial charge in [0.2, 0.25) is 0 Å². The molecular formula is C9H13N2O2+. The maximum absolute atomic E-state index is 10.8. The number of carbonyl (C=O) groups is 1. The molecule has 0 bridgehead atoms. The molecule has 70 valence electrons. The number of hydrogen-bond donors (Lipinski definition) is 1. The fourth-order valence-corrected chi connectivity index (χ4v) is 1.05. The number of carboxylic acid groups (broad SMARTS) is 1. The molecule has 0 aliphatic carbocycles. The molecule has 0 unspecified atom stereocenters. The molecule has 4 heteroatoms. The van der Waals surface area contributed by atoms with Gasteiger partial charge in [0.1, 0.15) is 7.05 Å². The summed E-state index contributed by atoms with van der Waals surface area (Å²) in [7, 11) is 5.46. The summed E-state index contributed by atoms with van der Waals surface area (Å²) in [6.07, 6.45) is 1.73. The first-order valence-corrected chi connectivity index (χ1v) is 3.92. The summed E-state index contributed by atoms with van der Waals surface area (Å²) >= 11 is 0. The van der Waals surface area contributed by atoms with Gasteiger partial charge in [-0.15, -0.1) is 0 Å². The molecule has 0 atom stereocenters. The summed E-state index contributed by atoms with van der Waals surface area (Å²) in [6, 6.07) is 3.51. The maximum atomic E-state index is 10.8. The van der Waals surface area contributed by atoms with Gasteiger partial charge in [0, 0.05) is 31.9 Å². The molecule has 1 N–H and O–H groups in total. The van der Waals surface area contributed by atoms with E-state index >= 15 is 0 Å². The van der Waals surface area contributed by atoms with Crippen LogP contribution in [0, 0.1) is 0 Å². The first-order chi connectivity index (χ1) is 6.02. The van der Waals surface area contributed by atoms with Gasteiger partial charge in [0.05, 0.1) is 0 Å². The second-order valence-electron chi connectivity index (χ2n) is 3.08. The molecule has 1 rings (SSSR count). The van der Waals surface area contributed by atoms with Crippen LogP contribution < -0.4 is 9.47 Å². The molecule has 0 fully saturated rings. The third-order valence-corrected chi connectivity index (χ3v) is 1.87. The summed E-state index contributed by atoms with van der Waals surface area (Å²) in [6.45, 7) is 0. The number of anilines is 1. The molecule has 1 aromatic rings. The summed E-state index contributed by atoms with van der Waals surface area (Å²) in [5, 5.41) is 8.83. The molecule has 0 aromatic carbocycles. The summed E-state index contributed by atoms with van der Waals surface area (Å²) in [5.41, 5.74) is 1.17. The Hall–Kier alpha value is -1.58. The highest BCUT2D eigenvalue weighted by atomic mass is 16.4. The van der Waals surface area contributed by atoms with Crippen LogP contribution in [-0.4, -0.2) is 25.2 Å². The largest absolute Gasteiger partial charge is 0.473 e. The Morgan fingerprint density at radius 3 is 2.62 bits per heavy atom. The van der Waals surface area contributed by atoms with Crippen molar-refractivity contribution in [2.75, 3.05) is 19.0 Å². The van der Waals surface area contributed by atoms with E-state index in [4.69, 9.17) is 5.11 Å². The molecular weight excluding hydrogens is 168 g/mol. The zero-order valence-corrected chi connectivity index (χ0v) is 7.98. The van der Waals surface area contributed by atoms with E-state index in [1.807, 2.05) is 25.1 Å². The third kappa shape index (κ3) is 1.96. The van der Waals surface area contributed by atoms with E-state index < -0.39 is 5.97 Å². The average molecular weight is 181 g/mol. The monoisotopic (exact) mass is 181 g/mol. The minimum absolute atomic E-state index is 0.284. The van der Waals surface area contributed by atoms with E-state index in [0.717, 1.165) is 5.69 Å². The van der Waals surface area contributed by atoms with E-state index in [2.05, 4.69) is 0 Å². The Labute approximate surface area is 77.0 Å². The van der Waals surface area contributed by atoms with Crippen LogP contribution in [-0.2, 0) is 7.05 Å². The fourth-order valence-electron chi connectivity index (χ4n) is 1.05. The molecule has 0 aliphatic heterocycles.